The molecule has 0 saturated carbocycles. The molecule has 0 amide bonds. The van der Waals surface area contributed by atoms with E-state index in [0.717, 1.165) is 0 Å². The van der Waals surface area contributed by atoms with E-state index in [-0.39, 0.29) is 6.79 Å². The number of hydrogen-bond donors (Lipinski definition) is 1. The van der Waals surface area contributed by atoms with Crippen molar-refractivity contribution in [3.05, 3.63) is 27.8 Å². The zero-order valence-electron chi connectivity index (χ0n) is 11.5. The summed E-state index contributed by atoms with van der Waals surface area (Å²) in [5, 5.41) is 20.2. The quantitative estimate of drug-likeness (QED) is 0.432. The first-order valence-electron chi connectivity index (χ1n) is 5.71. The maximum Gasteiger partial charge on any atom is 0.233 e. The number of ether oxygens (including phenoxy) is 4. The van der Waals surface area contributed by atoms with E-state index in [4.69, 9.17) is 18.9 Å². The molecule has 0 bridgehead atoms. The van der Waals surface area contributed by atoms with Crippen molar-refractivity contribution in [3.63, 3.8) is 0 Å². The molecule has 0 aliphatic rings. The highest BCUT2D eigenvalue weighted by molar-refractivity contribution is 5.54. The molecule has 8 heteroatoms. The van der Waals surface area contributed by atoms with Crippen molar-refractivity contribution in [2.24, 2.45) is 0 Å². The Labute approximate surface area is 116 Å². The molecule has 8 nitrogen and oxygen atoms in total. The second-order valence-corrected chi connectivity index (χ2v) is 3.84. The van der Waals surface area contributed by atoms with E-state index in [9.17, 15) is 15.2 Å². The summed E-state index contributed by atoms with van der Waals surface area (Å²) in [6.07, 6.45) is -1.26. The molecular formula is C12H17NO7. The molecule has 112 valence electrons. The molecule has 0 heterocycles. The molecule has 20 heavy (non-hydrogen) atoms. The molecule has 0 aliphatic heterocycles. The molecule has 1 rings (SSSR count). The van der Waals surface area contributed by atoms with Gasteiger partial charge in [-0.3, -0.25) is 10.1 Å². The van der Waals surface area contributed by atoms with E-state index in [1.807, 2.05) is 0 Å². The topological polar surface area (TPSA) is 100 Å². The van der Waals surface area contributed by atoms with E-state index >= 15 is 0 Å². The Balaban J connectivity index is 3.14. The second kappa shape index (κ2) is 7.51. The zero-order valence-corrected chi connectivity index (χ0v) is 11.5. The number of aliphatic hydroxyl groups excluding tert-OH is 1. The molecule has 1 N–H and O–H groups in total. The van der Waals surface area contributed by atoms with Crippen molar-refractivity contribution in [2.75, 3.05) is 34.7 Å². The van der Waals surface area contributed by atoms with Gasteiger partial charge in [-0.25, -0.2) is 0 Å². The van der Waals surface area contributed by atoms with Gasteiger partial charge in [0.1, 0.15) is 6.10 Å². The minimum absolute atomic E-state index is 0.0104. The van der Waals surface area contributed by atoms with Gasteiger partial charge in [0.05, 0.1) is 14.2 Å². The predicted octanol–water partition coefficient (Wildman–Crippen LogP) is 0.997. The second-order valence-electron chi connectivity index (χ2n) is 3.84. The Hall–Kier alpha value is -2.06. The molecule has 0 saturated heterocycles. The number of methoxy groups -OCH3 is 3. The summed E-state index contributed by atoms with van der Waals surface area (Å²) in [5.41, 5.74) is 0.306. The van der Waals surface area contributed by atoms with Gasteiger partial charge in [0.25, 0.3) is 0 Å². The summed E-state index contributed by atoms with van der Waals surface area (Å²) in [4.78, 5) is 9.84. The van der Waals surface area contributed by atoms with Gasteiger partial charge in [0.2, 0.25) is 12.3 Å². The molecule has 0 aliphatic carbocycles. The monoisotopic (exact) mass is 287 g/mol. The average Bonchev–Trinajstić information content (AvgIpc) is 2.43. The van der Waals surface area contributed by atoms with Crippen LogP contribution in [-0.4, -0.2) is 44.7 Å². The smallest absolute Gasteiger partial charge is 0.233 e. The van der Waals surface area contributed by atoms with Crippen LogP contribution in [0.15, 0.2) is 12.1 Å². The van der Waals surface area contributed by atoms with Crippen LogP contribution in [0.25, 0.3) is 0 Å². The number of nitrogens with zero attached hydrogens (tertiary/aromatic N) is 1. The summed E-state index contributed by atoms with van der Waals surface area (Å²) >= 11 is 0. The van der Waals surface area contributed by atoms with Crippen molar-refractivity contribution in [2.45, 2.75) is 6.10 Å². The standard InChI is InChI=1S/C12H17NO7/c1-17-7-20-12-10(18-2)4-8(5-11(12)19-3)9(14)6-13(15)16/h4-5,9,14H,6-7H2,1-3H3. The molecule has 0 radical (unpaired) electrons. The molecule has 1 aromatic rings. The number of benzene rings is 1. The van der Waals surface area contributed by atoms with E-state index in [0.29, 0.717) is 22.8 Å². The molecule has 0 fully saturated rings. The van der Waals surface area contributed by atoms with Crippen molar-refractivity contribution < 1.29 is 29.0 Å². The summed E-state index contributed by atoms with van der Waals surface area (Å²) < 4.78 is 20.4. The van der Waals surface area contributed by atoms with Crippen molar-refractivity contribution in [1.29, 1.82) is 0 Å². The minimum Gasteiger partial charge on any atom is -0.493 e. The van der Waals surface area contributed by atoms with Crippen molar-refractivity contribution in [1.82, 2.24) is 0 Å². The highest BCUT2D eigenvalue weighted by atomic mass is 16.7. The highest BCUT2D eigenvalue weighted by Crippen LogP contribution is 2.40. The Bertz CT molecular complexity index is 438. The lowest BCUT2D eigenvalue weighted by atomic mass is 10.1. The maximum atomic E-state index is 10.4. The van der Waals surface area contributed by atoms with E-state index in [1.165, 1.54) is 33.5 Å². The third-order valence-corrected chi connectivity index (χ3v) is 2.51. The van der Waals surface area contributed by atoms with Crippen LogP contribution < -0.4 is 14.2 Å². The summed E-state index contributed by atoms with van der Waals surface area (Å²) in [7, 11) is 4.30. The van der Waals surface area contributed by atoms with Crippen LogP contribution in [0.2, 0.25) is 0 Å². The molecule has 1 unspecified atom stereocenters. The predicted molar refractivity (Wildman–Crippen MR) is 68.9 cm³/mol. The van der Waals surface area contributed by atoms with Gasteiger partial charge in [-0.05, 0) is 17.7 Å². The van der Waals surface area contributed by atoms with Gasteiger partial charge in [-0.1, -0.05) is 0 Å². The van der Waals surface area contributed by atoms with Crippen molar-refractivity contribution >= 4 is 0 Å². The summed E-state index contributed by atoms with van der Waals surface area (Å²) in [6, 6.07) is 2.92. The number of nitro groups is 1. The summed E-state index contributed by atoms with van der Waals surface area (Å²) in [6.45, 7) is -0.617. The first-order valence-corrected chi connectivity index (χ1v) is 5.71. The lowest BCUT2D eigenvalue weighted by Crippen LogP contribution is -2.12. The Morgan fingerprint density at radius 1 is 1.25 bits per heavy atom. The lowest BCUT2D eigenvalue weighted by Gasteiger charge is -2.16. The number of hydrogen-bond acceptors (Lipinski definition) is 7. The van der Waals surface area contributed by atoms with E-state index in [1.54, 1.807) is 0 Å². The van der Waals surface area contributed by atoms with E-state index < -0.39 is 17.6 Å². The van der Waals surface area contributed by atoms with Gasteiger partial charge in [0.15, 0.2) is 18.3 Å². The van der Waals surface area contributed by atoms with Crippen molar-refractivity contribution in [3.8, 4) is 17.2 Å². The lowest BCUT2D eigenvalue weighted by molar-refractivity contribution is -0.491. The normalized spacial score (nSPS) is 11.8. The molecule has 0 aromatic heterocycles. The fraction of sp³-hybridized carbons (Fsp3) is 0.500. The average molecular weight is 287 g/mol. The first kappa shape index (κ1) is 16.0. The number of aliphatic hydroxyl groups is 1. The third kappa shape index (κ3) is 3.97. The minimum atomic E-state index is -1.26. The van der Waals surface area contributed by atoms with Crippen LogP contribution in [0.5, 0.6) is 17.2 Å². The number of rotatable bonds is 8. The van der Waals surface area contributed by atoms with E-state index in [2.05, 4.69) is 0 Å². The molecule has 1 aromatic carbocycles. The van der Waals surface area contributed by atoms with Crippen LogP contribution in [0.4, 0.5) is 0 Å². The Morgan fingerprint density at radius 2 is 1.80 bits per heavy atom. The third-order valence-electron chi connectivity index (χ3n) is 2.51. The Morgan fingerprint density at radius 3 is 2.20 bits per heavy atom. The zero-order chi connectivity index (χ0) is 15.1. The molecular weight excluding hydrogens is 270 g/mol. The van der Waals surface area contributed by atoms with Crippen LogP contribution in [0.1, 0.15) is 11.7 Å². The maximum absolute atomic E-state index is 10.4. The van der Waals surface area contributed by atoms with Crippen LogP contribution in [-0.2, 0) is 4.74 Å². The van der Waals surface area contributed by atoms with Crippen LogP contribution >= 0.6 is 0 Å². The Kier molecular flexibility index (Phi) is 6.01. The van der Waals surface area contributed by atoms with Crippen LogP contribution in [0, 0.1) is 10.1 Å². The molecule has 0 spiro atoms. The SMILES string of the molecule is COCOc1c(OC)cc(C(O)C[N+](=O)[O-])cc1OC. The van der Waals surface area contributed by atoms with Gasteiger partial charge < -0.3 is 24.1 Å². The fourth-order valence-corrected chi connectivity index (χ4v) is 1.60. The fourth-order valence-electron chi connectivity index (χ4n) is 1.60. The largest absolute Gasteiger partial charge is 0.493 e. The highest BCUT2D eigenvalue weighted by Gasteiger charge is 2.20. The van der Waals surface area contributed by atoms with Gasteiger partial charge >= 0.3 is 0 Å². The van der Waals surface area contributed by atoms with Gasteiger partial charge in [0, 0.05) is 12.0 Å². The van der Waals surface area contributed by atoms with Crippen LogP contribution in [0.3, 0.4) is 0 Å². The van der Waals surface area contributed by atoms with Gasteiger partial charge in [-0.15, -0.1) is 0 Å². The van der Waals surface area contributed by atoms with Gasteiger partial charge in [-0.2, -0.15) is 0 Å². The molecule has 1 atom stereocenters. The summed E-state index contributed by atoms with van der Waals surface area (Å²) in [5.74, 6) is 0.881. The first-order chi connectivity index (χ1) is 9.53.